The third-order valence-corrected chi connectivity index (χ3v) is 2.77. The SMILES string of the molecule is COCCC(C)(O)CNc1cc(C)c([N+](=O)[O-])cn1. The smallest absolute Gasteiger partial charge is 0.290 e. The van der Waals surface area contributed by atoms with Crippen LogP contribution in [0.4, 0.5) is 11.5 Å². The average Bonchev–Trinajstić information content (AvgIpc) is 2.34. The van der Waals surface area contributed by atoms with Crippen molar-refractivity contribution < 1.29 is 14.8 Å². The zero-order chi connectivity index (χ0) is 14.5. The average molecular weight is 269 g/mol. The Bertz CT molecular complexity index is 449. The number of aryl methyl sites for hydroxylation is 1. The number of aromatic nitrogens is 1. The zero-order valence-electron chi connectivity index (χ0n) is 11.3. The van der Waals surface area contributed by atoms with Gasteiger partial charge in [0.15, 0.2) is 0 Å². The van der Waals surface area contributed by atoms with Crippen LogP contribution in [0.25, 0.3) is 0 Å². The maximum Gasteiger partial charge on any atom is 0.290 e. The van der Waals surface area contributed by atoms with Crippen molar-refractivity contribution in [3.05, 3.63) is 27.9 Å². The third-order valence-electron chi connectivity index (χ3n) is 2.77. The molecule has 1 atom stereocenters. The van der Waals surface area contributed by atoms with Gasteiger partial charge in [0.2, 0.25) is 0 Å². The lowest BCUT2D eigenvalue weighted by Crippen LogP contribution is -2.34. The van der Waals surface area contributed by atoms with Crippen LogP contribution in [0.2, 0.25) is 0 Å². The Kier molecular flexibility index (Phi) is 5.20. The summed E-state index contributed by atoms with van der Waals surface area (Å²) in [6.07, 6.45) is 1.70. The number of pyridine rings is 1. The Hall–Kier alpha value is -1.73. The first kappa shape index (κ1) is 15.3. The second-order valence-corrected chi connectivity index (χ2v) is 4.71. The number of aliphatic hydroxyl groups is 1. The fourth-order valence-electron chi connectivity index (χ4n) is 1.53. The largest absolute Gasteiger partial charge is 0.388 e. The predicted octanol–water partition coefficient (Wildman–Crippen LogP) is 1.50. The number of anilines is 1. The van der Waals surface area contributed by atoms with E-state index >= 15 is 0 Å². The van der Waals surface area contributed by atoms with E-state index in [9.17, 15) is 15.2 Å². The summed E-state index contributed by atoms with van der Waals surface area (Å²) >= 11 is 0. The molecule has 1 heterocycles. The van der Waals surface area contributed by atoms with Crippen LogP contribution in [0.15, 0.2) is 12.3 Å². The summed E-state index contributed by atoms with van der Waals surface area (Å²) in [7, 11) is 1.57. The Labute approximate surface area is 111 Å². The van der Waals surface area contributed by atoms with Crippen molar-refractivity contribution in [1.29, 1.82) is 0 Å². The number of hydrogen-bond donors (Lipinski definition) is 2. The monoisotopic (exact) mass is 269 g/mol. The molecule has 0 saturated carbocycles. The molecule has 0 bridgehead atoms. The Morgan fingerprint density at radius 3 is 2.84 bits per heavy atom. The van der Waals surface area contributed by atoms with Gasteiger partial charge in [0.25, 0.3) is 5.69 Å². The minimum Gasteiger partial charge on any atom is -0.388 e. The molecule has 0 spiro atoms. The lowest BCUT2D eigenvalue weighted by atomic mass is 10.0. The van der Waals surface area contributed by atoms with E-state index in [1.54, 1.807) is 27.0 Å². The van der Waals surface area contributed by atoms with Crippen molar-refractivity contribution in [3.8, 4) is 0 Å². The number of nitro groups is 1. The number of ether oxygens (including phenoxy) is 1. The van der Waals surface area contributed by atoms with E-state index in [0.717, 1.165) is 0 Å². The molecular formula is C12H19N3O4. The van der Waals surface area contributed by atoms with Crippen LogP contribution in [0.1, 0.15) is 18.9 Å². The molecular weight excluding hydrogens is 250 g/mol. The van der Waals surface area contributed by atoms with Gasteiger partial charge in [-0.25, -0.2) is 4.98 Å². The van der Waals surface area contributed by atoms with E-state index in [0.29, 0.717) is 31.0 Å². The van der Waals surface area contributed by atoms with Crippen LogP contribution in [-0.4, -0.2) is 40.9 Å². The van der Waals surface area contributed by atoms with Crippen molar-refractivity contribution in [1.82, 2.24) is 4.98 Å². The van der Waals surface area contributed by atoms with Crippen molar-refractivity contribution in [3.63, 3.8) is 0 Å². The summed E-state index contributed by atoms with van der Waals surface area (Å²) in [5.74, 6) is 0.501. The molecule has 0 aliphatic heterocycles. The summed E-state index contributed by atoms with van der Waals surface area (Å²) < 4.78 is 4.91. The van der Waals surface area contributed by atoms with Gasteiger partial charge in [-0.2, -0.15) is 0 Å². The fourth-order valence-corrected chi connectivity index (χ4v) is 1.53. The molecule has 1 unspecified atom stereocenters. The summed E-state index contributed by atoms with van der Waals surface area (Å²) in [4.78, 5) is 14.1. The molecule has 106 valence electrons. The Morgan fingerprint density at radius 1 is 1.63 bits per heavy atom. The minimum atomic E-state index is -0.923. The standard InChI is InChI=1S/C12H19N3O4/c1-9-6-11(13-7-10(9)15(17)18)14-8-12(2,16)4-5-19-3/h6-7,16H,4-5,8H2,1-3H3,(H,13,14). The molecule has 0 radical (unpaired) electrons. The normalized spacial score (nSPS) is 13.9. The van der Waals surface area contributed by atoms with Gasteiger partial charge in [-0.15, -0.1) is 0 Å². The first-order valence-electron chi connectivity index (χ1n) is 5.92. The molecule has 2 N–H and O–H groups in total. The van der Waals surface area contributed by atoms with E-state index in [1.807, 2.05) is 0 Å². The van der Waals surface area contributed by atoms with Gasteiger partial charge in [0.05, 0.1) is 10.5 Å². The van der Waals surface area contributed by atoms with E-state index in [4.69, 9.17) is 4.74 Å². The summed E-state index contributed by atoms with van der Waals surface area (Å²) in [6.45, 7) is 4.09. The fraction of sp³-hybridized carbons (Fsp3) is 0.583. The molecule has 0 aromatic carbocycles. The van der Waals surface area contributed by atoms with Crippen LogP contribution >= 0.6 is 0 Å². The first-order chi connectivity index (χ1) is 8.85. The van der Waals surface area contributed by atoms with Gasteiger partial charge < -0.3 is 15.2 Å². The topological polar surface area (TPSA) is 97.5 Å². The number of rotatable bonds is 7. The quantitative estimate of drug-likeness (QED) is 0.575. The maximum atomic E-state index is 10.7. The summed E-state index contributed by atoms with van der Waals surface area (Å²) in [6, 6.07) is 1.59. The second kappa shape index (κ2) is 6.44. The lowest BCUT2D eigenvalue weighted by molar-refractivity contribution is -0.385. The predicted molar refractivity (Wildman–Crippen MR) is 71.2 cm³/mol. The Morgan fingerprint density at radius 2 is 2.32 bits per heavy atom. The third kappa shape index (κ3) is 4.80. The molecule has 7 heteroatoms. The highest BCUT2D eigenvalue weighted by molar-refractivity contribution is 5.46. The highest BCUT2D eigenvalue weighted by Crippen LogP contribution is 2.19. The lowest BCUT2D eigenvalue weighted by Gasteiger charge is -2.23. The van der Waals surface area contributed by atoms with Crippen molar-refractivity contribution >= 4 is 11.5 Å². The van der Waals surface area contributed by atoms with Crippen molar-refractivity contribution in [2.24, 2.45) is 0 Å². The summed E-state index contributed by atoms with van der Waals surface area (Å²) in [5, 5.41) is 23.7. The number of hydrogen-bond acceptors (Lipinski definition) is 6. The van der Waals surface area contributed by atoms with E-state index in [-0.39, 0.29) is 5.69 Å². The number of methoxy groups -OCH3 is 1. The number of nitrogens with one attached hydrogen (secondary N) is 1. The molecule has 7 nitrogen and oxygen atoms in total. The van der Waals surface area contributed by atoms with Crippen LogP contribution in [-0.2, 0) is 4.74 Å². The van der Waals surface area contributed by atoms with Gasteiger partial charge in [0.1, 0.15) is 12.0 Å². The molecule has 0 aliphatic rings. The van der Waals surface area contributed by atoms with Crippen molar-refractivity contribution in [2.45, 2.75) is 25.9 Å². The van der Waals surface area contributed by atoms with Crippen LogP contribution < -0.4 is 5.32 Å². The molecule has 0 fully saturated rings. The van der Waals surface area contributed by atoms with E-state index in [1.165, 1.54) is 6.20 Å². The van der Waals surface area contributed by atoms with Crippen molar-refractivity contribution in [2.75, 3.05) is 25.6 Å². The highest BCUT2D eigenvalue weighted by atomic mass is 16.6. The van der Waals surface area contributed by atoms with Gasteiger partial charge >= 0.3 is 0 Å². The molecule has 0 saturated heterocycles. The van der Waals surface area contributed by atoms with Gasteiger partial charge in [0, 0.05) is 32.2 Å². The highest BCUT2D eigenvalue weighted by Gasteiger charge is 2.20. The van der Waals surface area contributed by atoms with E-state index in [2.05, 4.69) is 10.3 Å². The maximum absolute atomic E-state index is 10.7. The molecule has 1 rings (SSSR count). The molecule has 1 aromatic heterocycles. The van der Waals surface area contributed by atoms with Gasteiger partial charge in [-0.3, -0.25) is 10.1 Å². The van der Waals surface area contributed by atoms with E-state index < -0.39 is 10.5 Å². The van der Waals surface area contributed by atoms with Crippen LogP contribution in [0.3, 0.4) is 0 Å². The minimum absolute atomic E-state index is 0.0170. The summed E-state index contributed by atoms with van der Waals surface area (Å²) in [5.41, 5.74) is -0.413. The molecule has 0 aliphatic carbocycles. The van der Waals surface area contributed by atoms with Crippen LogP contribution in [0.5, 0.6) is 0 Å². The second-order valence-electron chi connectivity index (χ2n) is 4.71. The first-order valence-corrected chi connectivity index (χ1v) is 5.92. The van der Waals surface area contributed by atoms with Gasteiger partial charge in [-0.1, -0.05) is 0 Å². The zero-order valence-corrected chi connectivity index (χ0v) is 11.3. The van der Waals surface area contributed by atoms with Gasteiger partial charge in [-0.05, 0) is 19.9 Å². The molecule has 0 amide bonds. The molecule has 1 aromatic rings. The molecule has 19 heavy (non-hydrogen) atoms. The van der Waals surface area contributed by atoms with Crippen LogP contribution in [0, 0.1) is 17.0 Å². The number of nitrogens with zero attached hydrogens (tertiary/aromatic N) is 2. The Balaban J connectivity index is 2.63.